The van der Waals surface area contributed by atoms with Crippen LogP contribution in [0, 0.1) is 5.92 Å². The van der Waals surface area contributed by atoms with Gasteiger partial charge in [-0.1, -0.05) is 13.8 Å². The van der Waals surface area contributed by atoms with Crippen LogP contribution in [0.2, 0.25) is 0 Å². The number of rotatable bonds is 5. The molecule has 5 nitrogen and oxygen atoms in total. The minimum atomic E-state index is -4.50. The lowest BCUT2D eigenvalue weighted by Crippen LogP contribution is -2.51. The van der Waals surface area contributed by atoms with E-state index in [-0.39, 0.29) is 11.7 Å². The van der Waals surface area contributed by atoms with Crippen LogP contribution in [0.5, 0.6) is 0 Å². The quantitative estimate of drug-likeness (QED) is 0.868. The number of hydrogen-bond acceptors (Lipinski definition) is 3. The highest BCUT2D eigenvalue weighted by atomic mass is 19.4. The second-order valence-electron chi connectivity index (χ2n) is 4.51. The highest BCUT2D eigenvalue weighted by molar-refractivity contribution is 5.95. The number of halogens is 3. The van der Waals surface area contributed by atoms with Crippen LogP contribution < -0.4 is 10.6 Å². The Balaban J connectivity index is 2.65. The van der Waals surface area contributed by atoms with Crippen LogP contribution in [-0.2, 0) is 4.79 Å². The molecule has 1 heterocycles. The first-order valence-electron chi connectivity index (χ1n) is 5.89. The van der Waals surface area contributed by atoms with Gasteiger partial charge in [-0.25, -0.2) is 0 Å². The molecule has 1 rings (SSSR count). The van der Waals surface area contributed by atoms with Crippen LogP contribution in [0.4, 0.5) is 13.2 Å². The molecule has 0 spiro atoms. The number of carbonyl (C=O) groups excluding carboxylic acids is 2. The molecule has 20 heavy (non-hydrogen) atoms. The van der Waals surface area contributed by atoms with Crippen LogP contribution in [-0.4, -0.2) is 30.6 Å². The molecular weight excluding hydrogens is 277 g/mol. The number of nitrogens with one attached hydrogen (secondary N) is 2. The van der Waals surface area contributed by atoms with E-state index in [0.717, 1.165) is 0 Å². The van der Waals surface area contributed by atoms with E-state index in [1.54, 1.807) is 19.2 Å². The molecule has 0 aliphatic rings. The van der Waals surface area contributed by atoms with Crippen molar-refractivity contribution in [1.82, 2.24) is 10.6 Å². The maximum atomic E-state index is 12.0. The van der Waals surface area contributed by atoms with E-state index in [0.29, 0.717) is 0 Å². The van der Waals surface area contributed by atoms with Gasteiger partial charge >= 0.3 is 6.18 Å². The molecule has 1 atom stereocenters. The highest BCUT2D eigenvalue weighted by Gasteiger charge is 2.31. The average Bonchev–Trinajstić information content (AvgIpc) is 2.85. The van der Waals surface area contributed by atoms with E-state index in [1.807, 2.05) is 0 Å². The van der Waals surface area contributed by atoms with E-state index >= 15 is 0 Å². The summed E-state index contributed by atoms with van der Waals surface area (Å²) in [4.78, 5) is 23.4. The molecule has 0 aromatic carbocycles. The Bertz CT molecular complexity index is 455. The molecule has 2 amide bonds. The summed E-state index contributed by atoms with van der Waals surface area (Å²) < 4.78 is 41.0. The number of hydrogen-bond donors (Lipinski definition) is 2. The summed E-state index contributed by atoms with van der Waals surface area (Å²) in [6, 6.07) is 1.80. The van der Waals surface area contributed by atoms with Gasteiger partial charge in [0.05, 0.1) is 6.26 Å². The van der Waals surface area contributed by atoms with E-state index in [4.69, 9.17) is 4.42 Å². The third kappa shape index (κ3) is 4.94. The minimum Gasteiger partial charge on any atom is -0.459 e. The van der Waals surface area contributed by atoms with Crippen molar-refractivity contribution in [2.75, 3.05) is 6.54 Å². The Labute approximate surface area is 113 Å². The van der Waals surface area contributed by atoms with Gasteiger partial charge in [0.1, 0.15) is 12.6 Å². The van der Waals surface area contributed by atoms with Crippen molar-refractivity contribution >= 4 is 11.8 Å². The third-order valence-electron chi connectivity index (χ3n) is 2.44. The number of alkyl halides is 3. The normalized spacial score (nSPS) is 13.1. The summed E-state index contributed by atoms with van der Waals surface area (Å²) in [5.41, 5.74) is 0. The zero-order valence-electron chi connectivity index (χ0n) is 11.0. The molecule has 0 saturated carbocycles. The van der Waals surface area contributed by atoms with Crippen molar-refractivity contribution in [1.29, 1.82) is 0 Å². The van der Waals surface area contributed by atoms with E-state index in [2.05, 4.69) is 5.32 Å². The first-order chi connectivity index (χ1) is 9.20. The Morgan fingerprint density at radius 1 is 1.35 bits per heavy atom. The maximum Gasteiger partial charge on any atom is 0.405 e. The lowest BCUT2D eigenvalue weighted by Gasteiger charge is -2.21. The largest absolute Gasteiger partial charge is 0.459 e. The van der Waals surface area contributed by atoms with Gasteiger partial charge in [-0.3, -0.25) is 9.59 Å². The van der Waals surface area contributed by atoms with Gasteiger partial charge in [-0.2, -0.15) is 13.2 Å². The monoisotopic (exact) mass is 292 g/mol. The molecule has 2 N–H and O–H groups in total. The molecule has 0 bridgehead atoms. The van der Waals surface area contributed by atoms with Gasteiger partial charge in [0.15, 0.2) is 5.76 Å². The zero-order chi connectivity index (χ0) is 15.3. The molecule has 0 radical (unpaired) electrons. The minimum absolute atomic E-state index is 0.0146. The summed E-state index contributed by atoms with van der Waals surface area (Å²) in [6.07, 6.45) is -3.22. The van der Waals surface area contributed by atoms with E-state index in [9.17, 15) is 22.8 Å². The fourth-order valence-corrected chi connectivity index (χ4v) is 1.45. The highest BCUT2D eigenvalue weighted by Crippen LogP contribution is 2.13. The summed E-state index contributed by atoms with van der Waals surface area (Å²) in [5, 5.41) is 4.09. The van der Waals surface area contributed by atoms with E-state index in [1.165, 1.54) is 18.4 Å². The molecule has 0 aliphatic heterocycles. The fraction of sp³-hybridized carbons (Fsp3) is 0.500. The lowest BCUT2D eigenvalue weighted by atomic mass is 10.0. The van der Waals surface area contributed by atoms with Crippen molar-refractivity contribution < 1.29 is 27.2 Å². The molecule has 1 aromatic heterocycles. The Morgan fingerprint density at radius 3 is 2.45 bits per heavy atom. The van der Waals surface area contributed by atoms with Crippen molar-refractivity contribution in [2.24, 2.45) is 5.92 Å². The molecule has 112 valence electrons. The maximum absolute atomic E-state index is 12.0. The standard InChI is InChI=1S/C12H15F3N2O3/c1-7(2)9(11(19)16-6-12(13,14)15)17-10(18)8-4-3-5-20-8/h3-5,7,9H,6H2,1-2H3,(H,16,19)(H,17,18)/t9-/m1/s1. The van der Waals surface area contributed by atoms with Crippen LogP contribution in [0.3, 0.4) is 0 Å². The number of furan rings is 1. The molecular formula is C12H15F3N2O3. The van der Waals surface area contributed by atoms with Gasteiger partial charge in [0, 0.05) is 0 Å². The van der Waals surface area contributed by atoms with Crippen molar-refractivity contribution in [3.05, 3.63) is 24.2 Å². The summed E-state index contributed by atoms with van der Waals surface area (Å²) in [5.74, 6) is -1.94. The Morgan fingerprint density at radius 2 is 2.00 bits per heavy atom. The summed E-state index contributed by atoms with van der Waals surface area (Å²) in [6.45, 7) is 1.78. The number of carbonyl (C=O) groups is 2. The Hall–Kier alpha value is -1.99. The molecule has 8 heteroatoms. The smallest absolute Gasteiger partial charge is 0.405 e. The second-order valence-corrected chi connectivity index (χ2v) is 4.51. The van der Waals surface area contributed by atoms with Gasteiger partial charge in [0.2, 0.25) is 5.91 Å². The lowest BCUT2D eigenvalue weighted by molar-refractivity contribution is -0.140. The van der Waals surface area contributed by atoms with Gasteiger partial charge in [-0.15, -0.1) is 0 Å². The molecule has 0 fully saturated rings. The van der Waals surface area contributed by atoms with E-state index < -0.39 is 30.6 Å². The molecule has 1 aromatic rings. The van der Waals surface area contributed by atoms with Gasteiger partial charge in [0.25, 0.3) is 5.91 Å². The number of amides is 2. The van der Waals surface area contributed by atoms with Crippen LogP contribution in [0.1, 0.15) is 24.4 Å². The SMILES string of the molecule is CC(C)[C@@H](NC(=O)c1ccco1)C(=O)NCC(F)(F)F. The fourth-order valence-electron chi connectivity index (χ4n) is 1.45. The van der Waals surface area contributed by atoms with Gasteiger partial charge < -0.3 is 15.1 Å². The zero-order valence-corrected chi connectivity index (χ0v) is 11.0. The van der Waals surface area contributed by atoms with Crippen LogP contribution >= 0.6 is 0 Å². The predicted octanol–water partition coefficient (Wildman–Crippen LogP) is 1.71. The predicted molar refractivity (Wildman–Crippen MR) is 63.9 cm³/mol. The van der Waals surface area contributed by atoms with Crippen molar-refractivity contribution in [2.45, 2.75) is 26.1 Å². The second kappa shape index (κ2) is 6.44. The molecule has 0 unspecified atom stereocenters. The summed E-state index contributed by atoms with van der Waals surface area (Å²) >= 11 is 0. The summed E-state index contributed by atoms with van der Waals surface area (Å²) in [7, 11) is 0. The average molecular weight is 292 g/mol. The third-order valence-corrected chi connectivity index (χ3v) is 2.44. The first kappa shape index (κ1) is 16.1. The van der Waals surface area contributed by atoms with Crippen molar-refractivity contribution in [3.8, 4) is 0 Å². The van der Waals surface area contributed by atoms with Crippen LogP contribution in [0.15, 0.2) is 22.8 Å². The first-order valence-corrected chi connectivity index (χ1v) is 5.89. The molecule has 0 aliphatic carbocycles. The van der Waals surface area contributed by atoms with Crippen LogP contribution in [0.25, 0.3) is 0 Å². The van der Waals surface area contributed by atoms with Gasteiger partial charge in [-0.05, 0) is 18.1 Å². The Kier molecular flexibility index (Phi) is 5.18. The topological polar surface area (TPSA) is 71.3 Å². The van der Waals surface area contributed by atoms with Crippen molar-refractivity contribution in [3.63, 3.8) is 0 Å². The molecule has 0 saturated heterocycles.